The molecule has 94 valence electrons. The van der Waals surface area contributed by atoms with Crippen LogP contribution in [0.1, 0.15) is 5.56 Å². The fraction of sp³-hybridized carbons (Fsp3) is 0.0714. The standard InChI is InChI=1S/C14H12N4O/c19-13(10-11-6-2-1-3-7-11)15-14-17-16-12-8-4-5-9-18(12)14/h1-9H,10H2,(H,15,17,19). The highest BCUT2D eigenvalue weighted by atomic mass is 16.1. The number of fused-ring (bicyclic) bond motifs is 1. The number of amides is 1. The number of hydrogen-bond acceptors (Lipinski definition) is 3. The van der Waals surface area contributed by atoms with E-state index in [9.17, 15) is 4.79 Å². The lowest BCUT2D eigenvalue weighted by Crippen LogP contribution is -2.16. The van der Waals surface area contributed by atoms with Crippen molar-refractivity contribution in [1.29, 1.82) is 0 Å². The van der Waals surface area contributed by atoms with E-state index in [0.717, 1.165) is 5.56 Å². The Morgan fingerprint density at radius 2 is 1.84 bits per heavy atom. The summed E-state index contributed by atoms with van der Waals surface area (Å²) in [5, 5.41) is 10.7. The van der Waals surface area contributed by atoms with Crippen LogP contribution in [-0.4, -0.2) is 20.5 Å². The van der Waals surface area contributed by atoms with Crippen LogP contribution in [-0.2, 0) is 11.2 Å². The predicted molar refractivity (Wildman–Crippen MR) is 71.8 cm³/mol. The molecule has 0 aliphatic rings. The first-order chi connectivity index (χ1) is 9.33. The van der Waals surface area contributed by atoms with E-state index in [2.05, 4.69) is 15.5 Å². The average Bonchev–Trinajstić information content (AvgIpc) is 2.83. The van der Waals surface area contributed by atoms with Gasteiger partial charge in [0.15, 0.2) is 5.65 Å². The van der Waals surface area contributed by atoms with Crippen LogP contribution < -0.4 is 5.32 Å². The minimum Gasteiger partial charge on any atom is -0.294 e. The summed E-state index contributed by atoms with van der Waals surface area (Å²) in [5.41, 5.74) is 1.67. The molecular weight excluding hydrogens is 240 g/mol. The van der Waals surface area contributed by atoms with E-state index in [-0.39, 0.29) is 5.91 Å². The summed E-state index contributed by atoms with van der Waals surface area (Å²) in [7, 11) is 0. The third kappa shape index (κ3) is 2.44. The Labute approximate surface area is 109 Å². The Balaban J connectivity index is 1.76. The van der Waals surface area contributed by atoms with E-state index in [1.807, 2.05) is 54.7 Å². The summed E-state index contributed by atoms with van der Waals surface area (Å²) in [6.07, 6.45) is 2.13. The molecule has 2 heterocycles. The fourth-order valence-electron chi connectivity index (χ4n) is 1.88. The molecule has 5 heteroatoms. The smallest absolute Gasteiger partial charge is 0.235 e. The Bertz CT molecular complexity index is 706. The van der Waals surface area contributed by atoms with Gasteiger partial charge in [0, 0.05) is 6.20 Å². The molecule has 19 heavy (non-hydrogen) atoms. The molecule has 1 N–H and O–H groups in total. The number of hydrogen-bond donors (Lipinski definition) is 1. The number of carbonyl (C=O) groups excluding carboxylic acids is 1. The first-order valence-corrected chi connectivity index (χ1v) is 5.96. The van der Waals surface area contributed by atoms with Gasteiger partial charge < -0.3 is 0 Å². The molecule has 0 saturated carbocycles. The molecule has 1 amide bonds. The van der Waals surface area contributed by atoms with Crippen LogP contribution in [0.3, 0.4) is 0 Å². The minimum absolute atomic E-state index is 0.107. The lowest BCUT2D eigenvalue weighted by Gasteiger charge is -2.03. The van der Waals surface area contributed by atoms with Crippen LogP contribution in [0.25, 0.3) is 5.65 Å². The van der Waals surface area contributed by atoms with Crippen LogP contribution in [0.2, 0.25) is 0 Å². The molecule has 0 fully saturated rings. The molecule has 3 aromatic rings. The summed E-state index contributed by atoms with van der Waals surface area (Å²) in [6.45, 7) is 0. The van der Waals surface area contributed by atoms with Gasteiger partial charge in [-0.1, -0.05) is 36.4 Å². The first-order valence-electron chi connectivity index (χ1n) is 5.96. The summed E-state index contributed by atoms with van der Waals surface area (Å²) in [4.78, 5) is 11.9. The molecule has 0 unspecified atom stereocenters. The van der Waals surface area contributed by atoms with E-state index in [4.69, 9.17) is 0 Å². The zero-order valence-corrected chi connectivity index (χ0v) is 10.2. The largest absolute Gasteiger partial charge is 0.294 e. The molecule has 0 radical (unpaired) electrons. The van der Waals surface area contributed by atoms with Crippen LogP contribution in [0.4, 0.5) is 5.95 Å². The van der Waals surface area contributed by atoms with Crippen LogP contribution in [0.5, 0.6) is 0 Å². The zero-order valence-electron chi connectivity index (χ0n) is 10.2. The zero-order chi connectivity index (χ0) is 13.1. The van der Waals surface area contributed by atoms with Crippen molar-refractivity contribution in [2.75, 3.05) is 5.32 Å². The van der Waals surface area contributed by atoms with Gasteiger partial charge in [-0.2, -0.15) is 0 Å². The molecule has 2 aromatic heterocycles. The van der Waals surface area contributed by atoms with Crippen molar-refractivity contribution in [2.24, 2.45) is 0 Å². The van der Waals surface area contributed by atoms with Crippen molar-refractivity contribution < 1.29 is 4.79 Å². The van der Waals surface area contributed by atoms with Crippen molar-refractivity contribution in [2.45, 2.75) is 6.42 Å². The van der Waals surface area contributed by atoms with Gasteiger partial charge in [-0.05, 0) is 17.7 Å². The average molecular weight is 252 g/mol. The second-order valence-corrected chi connectivity index (χ2v) is 4.16. The molecule has 0 saturated heterocycles. The quantitative estimate of drug-likeness (QED) is 0.774. The molecule has 3 rings (SSSR count). The maximum absolute atomic E-state index is 11.9. The predicted octanol–water partition coefficient (Wildman–Crippen LogP) is 1.91. The lowest BCUT2D eigenvalue weighted by atomic mass is 10.1. The van der Waals surface area contributed by atoms with Crippen molar-refractivity contribution in [1.82, 2.24) is 14.6 Å². The van der Waals surface area contributed by atoms with E-state index in [1.54, 1.807) is 4.40 Å². The molecule has 5 nitrogen and oxygen atoms in total. The van der Waals surface area contributed by atoms with Crippen molar-refractivity contribution >= 4 is 17.5 Å². The Kier molecular flexibility index (Phi) is 2.94. The summed E-state index contributed by atoms with van der Waals surface area (Å²) >= 11 is 0. The van der Waals surface area contributed by atoms with Crippen molar-refractivity contribution in [3.63, 3.8) is 0 Å². The SMILES string of the molecule is O=C(Cc1ccccc1)Nc1nnc2ccccn12. The normalized spacial score (nSPS) is 10.5. The first kappa shape index (κ1) is 11.4. The highest BCUT2D eigenvalue weighted by Crippen LogP contribution is 2.08. The number of benzene rings is 1. The number of aromatic nitrogens is 3. The van der Waals surface area contributed by atoms with Gasteiger partial charge >= 0.3 is 0 Å². The maximum Gasteiger partial charge on any atom is 0.235 e. The lowest BCUT2D eigenvalue weighted by molar-refractivity contribution is -0.115. The topological polar surface area (TPSA) is 59.3 Å². The number of nitrogens with one attached hydrogen (secondary N) is 1. The number of pyridine rings is 1. The van der Waals surface area contributed by atoms with E-state index < -0.39 is 0 Å². The van der Waals surface area contributed by atoms with Crippen LogP contribution in [0, 0.1) is 0 Å². The summed E-state index contributed by atoms with van der Waals surface area (Å²) in [6, 6.07) is 15.2. The van der Waals surface area contributed by atoms with Gasteiger partial charge in [-0.15, -0.1) is 10.2 Å². The number of rotatable bonds is 3. The Hall–Kier alpha value is -2.69. The number of carbonyl (C=O) groups is 1. The molecule has 0 aliphatic carbocycles. The fourth-order valence-corrected chi connectivity index (χ4v) is 1.88. The van der Waals surface area contributed by atoms with Crippen LogP contribution >= 0.6 is 0 Å². The molecule has 0 atom stereocenters. The van der Waals surface area contributed by atoms with E-state index in [1.165, 1.54) is 0 Å². The summed E-state index contributed by atoms with van der Waals surface area (Å²) < 4.78 is 1.74. The minimum atomic E-state index is -0.107. The van der Waals surface area contributed by atoms with Gasteiger partial charge in [-0.3, -0.25) is 14.5 Å². The van der Waals surface area contributed by atoms with Crippen LogP contribution in [0.15, 0.2) is 54.7 Å². The van der Waals surface area contributed by atoms with Gasteiger partial charge in [0.2, 0.25) is 11.9 Å². The van der Waals surface area contributed by atoms with E-state index in [0.29, 0.717) is 18.0 Å². The van der Waals surface area contributed by atoms with E-state index >= 15 is 0 Å². The third-order valence-electron chi connectivity index (χ3n) is 2.77. The second-order valence-electron chi connectivity index (χ2n) is 4.16. The third-order valence-corrected chi connectivity index (χ3v) is 2.77. The van der Waals surface area contributed by atoms with Gasteiger partial charge in [0.05, 0.1) is 6.42 Å². The number of anilines is 1. The monoisotopic (exact) mass is 252 g/mol. The molecule has 0 aliphatic heterocycles. The highest BCUT2D eigenvalue weighted by molar-refractivity contribution is 5.90. The second kappa shape index (κ2) is 4.89. The maximum atomic E-state index is 11.9. The summed E-state index contributed by atoms with van der Waals surface area (Å²) in [5.74, 6) is 0.334. The van der Waals surface area contributed by atoms with Gasteiger partial charge in [0.25, 0.3) is 0 Å². The Morgan fingerprint density at radius 1 is 1.05 bits per heavy atom. The van der Waals surface area contributed by atoms with Crippen molar-refractivity contribution in [3.05, 3.63) is 60.3 Å². The molecule has 0 spiro atoms. The van der Waals surface area contributed by atoms with Gasteiger partial charge in [0.1, 0.15) is 0 Å². The molecular formula is C14H12N4O. The number of nitrogens with zero attached hydrogens (tertiary/aromatic N) is 3. The molecule has 0 bridgehead atoms. The highest BCUT2D eigenvalue weighted by Gasteiger charge is 2.09. The molecule has 1 aromatic carbocycles. The Morgan fingerprint density at radius 3 is 2.68 bits per heavy atom. The van der Waals surface area contributed by atoms with Gasteiger partial charge in [-0.25, -0.2) is 0 Å². The van der Waals surface area contributed by atoms with Crippen molar-refractivity contribution in [3.8, 4) is 0 Å².